The van der Waals surface area contributed by atoms with Gasteiger partial charge in [0.2, 0.25) is 6.16 Å². The van der Waals surface area contributed by atoms with Gasteiger partial charge in [0.15, 0.2) is 0 Å². The van der Waals surface area contributed by atoms with Crippen LogP contribution in [0.1, 0.15) is 0 Å². The molecule has 0 aromatic heterocycles. The van der Waals surface area contributed by atoms with Gasteiger partial charge in [-0.2, -0.15) is 0 Å². The van der Waals surface area contributed by atoms with E-state index < -0.39 is 16.6 Å². The molecule has 24 heavy (non-hydrogen) atoms. The number of hydrogen-bond donors (Lipinski definition) is 1. The number of carboxylic acid groups (broad SMARTS) is 2. The second-order valence-corrected chi connectivity index (χ2v) is 1.49. The predicted molar refractivity (Wildman–Crippen MR) is 75.3 cm³/mol. The van der Waals surface area contributed by atoms with Gasteiger partial charge in [-0.15, -0.1) is 0 Å². The Balaban J connectivity index is -0.00000000168. The van der Waals surface area contributed by atoms with Crippen LogP contribution in [-0.4, -0.2) is 146 Å². The standard InChI is InChI=1S/CH2O3.2Mg.H2O4S.13H2O/c2-1(3)4;;;1-5(2,3)4;;;;;;;;;;;;;/h(H2,2,3,4);;;(H2,1,2,3,4);13*1H2/q;2*+2;;;;;;;;;;;;;;/p-4. The summed E-state index contributed by atoms with van der Waals surface area (Å²) >= 11 is 0. The van der Waals surface area contributed by atoms with E-state index in [0.717, 1.165) is 0 Å². The summed E-state index contributed by atoms with van der Waals surface area (Å²) in [7, 11) is -5.17. The molecule has 26 N–H and O–H groups in total. The van der Waals surface area contributed by atoms with Gasteiger partial charge in [0, 0.05) is 10.4 Å². The summed E-state index contributed by atoms with van der Waals surface area (Å²) in [5, 5.41) is 15.3. The summed E-state index contributed by atoms with van der Waals surface area (Å²) in [5.74, 6) is 0. The Morgan fingerprint density at radius 3 is 0.625 bits per heavy atom. The Morgan fingerprint density at radius 1 is 0.625 bits per heavy atom. The molecule has 0 radical (unpaired) electrons. The fraction of sp³-hybridized carbons (Fsp3) is 0. The first-order valence-electron chi connectivity index (χ1n) is 1.30. The predicted octanol–water partition coefficient (Wildman–Crippen LogP) is -13.3. The molecule has 0 saturated heterocycles. The van der Waals surface area contributed by atoms with Gasteiger partial charge in [0.25, 0.3) is 0 Å². The molecule has 0 bridgehead atoms. The Morgan fingerprint density at radius 2 is 0.625 bits per heavy atom. The molecule has 0 unspecified atom stereocenters. The molecule has 0 aliphatic carbocycles. The van der Waals surface area contributed by atoms with Crippen LogP contribution >= 0.6 is 0 Å². The van der Waals surface area contributed by atoms with Gasteiger partial charge in [-0.05, 0) is 0 Å². The van der Waals surface area contributed by atoms with E-state index in [2.05, 4.69) is 0 Å². The second-order valence-electron chi connectivity index (χ2n) is 0.674. The van der Waals surface area contributed by atoms with E-state index in [4.69, 9.17) is 32.5 Å². The van der Waals surface area contributed by atoms with Gasteiger partial charge >= 0.3 is 46.1 Å². The molecule has 0 aliphatic rings. The minimum absolute atomic E-state index is 0. The van der Waals surface area contributed by atoms with Crippen LogP contribution in [0, 0.1) is 0 Å². The van der Waals surface area contributed by atoms with Crippen LogP contribution in [0.3, 0.4) is 0 Å². The second kappa shape index (κ2) is 136. The van der Waals surface area contributed by atoms with E-state index in [0.29, 0.717) is 0 Å². The summed E-state index contributed by atoms with van der Waals surface area (Å²) in [6.07, 6.45) is -2.08. The van der Waals surface area contributed by atoms with Crippen molar-refractivity contribution in [1.82, 2.24) is 0 Å². The minimum Gasteiger partial charge on any atom is -0.870 e. The van der Waals surface area contributed by atoms with E-state index in [1.54, 1.807) is 0 Å². The van der Waals surface area contributed by atoms with Gasteiger partial charge in [-0.3, -0.25) is 8.42 Å². The average Bonchev–Trinajstić information content (AvgIpc) is 1.19. The van der Waals surface area contributed by atoms with Crippen LogP contribution in [0.15, 0.2) is 0 Å². The third-order valence-corrected chi connectivity index (χ3v) is 0. The molecular weight excluding hydrogens is 413 g/mol. The molecule has 0 saturated carbocycles. The van der Waals surface area contributed by atoms with Crippen molar-refractivity contribution >= 4 is 62.7 Å². The monoisotopic (exact) mass is 438 g/mol. The van der Waals surface area contributed by atoms with E-state index in [9.17, 15) is 0 Å². The summed E-state index contributed by atoms with van der Waals surface area (Å²) in [6.45, 7) is 0. The van der Waals surface area contributed by atoms with Crippen LogP contribution in [0.5, 0.6) is 0 Å². The average molecular weight is 439 g/mol. The summed E-state index contributed by atoms with van der Waals surface area (Å²) in [4.78, 5) is 8.44. The molecule has 0 amide bonds. The SMILES string of the molecule is O.O.O.O.O.O.O.O.O.O.O.O.O=C([O-])O.O=S(=O)([O-])[O-].[Mg+2].[Mg+2].[OH-]. The zero-order chi connectivity index (χ0) is 8.08. The van der Waals surface area contributed by atoms with Gasteiger partial charge in [-0.25, -0.2) is 0 Å². The topological polar surface area (TPSA) is 549 Å². The van der Waals surface area contributed by atoms with Crippen molar-refractivity contribution in [1.29, 1.82) is 0 Å². The van der Waals surface area contributed by atoms with Crippen molar-refractivity contribution in [2.45, 2.75) is 0 Å². The molecule has 0 atom stereocenters. The molecule has 0 aromatic carbocycles. The van der Waals surface area contributed by atoms with Crippen LogP contribution < -0.4 is 5.11 Å². The maximum Gasteiger partial charge on any atom is 2.00 e. The van der Waals surface area contributed by atoms with Crippen LogP contribution in [-0.2, 0) is 10.4 Å². The molecule has 23 heteroatoms. The first kappa shape index (κ1) is 253. The molecule has 0 spiro atoms. The Kier molecular flexibility index (Phi) is 1430. The number of carbonyl (C=O) groups is 1. The number of rotatable bonds is 0. The van der Waals surface area contributed by atoms with E-state index in [-0.39, 0.29) is 117 Å². The van der Waals surface area contributed by atoms with Crippen molar-refractivity contribution in [2.24, 2.45) is 0 Å². The summed E-state index contributed by atoms with van der Waals surface area (Å²) in [6, 6.07) is 0. The Labute approximate surface area is 166 Å². The van der Waals surface area contributed by atoms with Crippen molar-refractivity contribution in [3.8, 4) is 0 Å². The molecule has 0 aliphatic heterocycles. The molecule has 0 fully saturated rings. The Bertz CT molecular complexity index is 164. The van der Waals surface area contributed by atoms with Crippen LogP contribution in [0.2, 0.25) is 0 Å². The molecular formula is CH26Mg2O20S. The third kappa shape index (κ3) is 426000. The quantitative estimate of drug-likeness (QED) is 0.214. The molecule has 0 aromatic rings. The Hall–Kier alpha value is 0.152. The van der Waals surface area contributed by atoms with E-state index in [1.807, 2.05) is 0 Å². The summed E-state index contributed by atoms with van der Waals surface area (Å²) < 4.78 is 34.1. The van der Waals surface area contributed by atoms with Crippen LogP contribution in [0.25, 0.3) is 0 Å². The largest absolute Gasteiger partial charge is 2.00 e. The molecule has 0 rings (SSSR count). The van der Waals surface area contributed by atoms with Crippen molar-refractivity contribution in [2.75, 3.05) is 0 Å². The van der Waals surface area contributed by atoms with Crippen LogP contribution in [0.4, 0.5) is 4.79 Å². The van der Waals surface area contributed by atoms with Crippen molar-refractivity contribution < 1.29 is 104 Å². The molecule has 0 heterocycles. The fourth-order valence-electron chi connectivity index (χ4n) is 0. The third-order valence-electron chi connectivity index (χ3n) is 0. The van der Waals surface area contributed by atoms with E-state index >= 15 is 0 Å². The normalized spacial score (nSPS) is 3.42. The first-order valence-corrected chi connectivity index (χ1v) is 2.63. The van der Waals surface area contributed by atoms with Crippen molar-refractivity contribution in [3.63, 3.8) is 0 Å². The molecule has 160 valence electrons. The first-order chi connectivity index (χ1) is 3.73. The maximum absolute atomic E-state index is 8.52. The van der Waals surface area contributed by atoms with Crippen molar-refractivity contribution in [3.05, 3.63) is 0 Å². The zero-order valence-corrected chi connectivity index (χ0v) is 15.3. The van der Waals surface area contributed by atoms with Gasteiger partial charge in [-0.1, -0.05) is 0 Å². The van der Waals surface area contributed by atoms with Gasteiger partial charge in [0.1, 0.15) is 0 Å². The maximum atomic E-state index is 8.52. The van der Waals surface area contributed by atoms with Gasteiger partial charge < -0.3 is 95.3 Å². The number of hydrogen-bond acceptors (Lipinski definition) is 7. The smallest absolute Gasteiger partial charge is 0.870 e. The minimum atomic E-state index is -5.17. The van der Waals surface area contributed by atoms with E-state index in [1.165, 1.54) is 0 Å². The fourth-order valence-corrected chi connectivity index (χ4v) is 0. The molecule has 20 nitrogen and oxygen atoms in total. The zero-order valence-electron chi connectivity index (χ0n) is 11.7. The van der Waals surface area contributed by atoms with Gasteiger partial charge in [0.05, 0.1) is 0 Å². The summed E-state index contributed by atoms with van der Waals surface area (Å²) in [5.41, 5.74) is 0.